The number of thiazole rings is 1. The van der Waals surface area contributed by atoms with Crippen LogP contribution in [0.4, 0.5) is 5.69 Å². The van der Waals surface area contributed by atoms with E-state index in [1.807, 2.05) is 18.7 Å². The largest absolute Gasteiger partial charge is 0.368 e. The molecule has 1 aliphatic rings. The topological polar surface area (TPSA) is 36.4 Å². The van der Waals surface area contributed by atoms with E-state index < -0.39 is 0 Å². The fourth-order valence-corrected chi connectivity index (χ4v) is 3.92. The number of hydrogen-bond acceptors (Lipinski definition) is 4. The van der Waals surface area contributed by atoms with Gasteiger partial charge in [-0.2, -0.15) is 0 Å². The lowest BCUT2D eigenvalue weighted by atomic mass is 10.1. The number of piperazine rings is 1. The third kappa shape index (κ3) is 3.11. The maximum Gasteiger partial charge on any atom is 0.273 e. The molecule has 1 aromatic carbocycles. The predicted octanol–water partition coefficient (Wildman–Crippen LogP) is 3.34. The molecule has 0 N–H and O–H groups in total. The average molecular weight is 329 g/mol. The Morgan fingerprint density at radius 1 is 1.09 bits per heavy atom. The van der Waals surface area contributed by atoms with Gasteiger partial charge in [-0.05, 0) is 44.9 Å². The first-order chi connectivity index (χ1) is 11.0. The van der Waals surface area contributed by atoms with Gasteiger partial charge in [-0.3, -0.25) is 4.79 Å². The van der Waals surface area contributed by atoms with Crippen LogP contribution in [-0.2, 0) is 0 Å². The highest BCUT2D eigenvalue weighted by molar-refractivity contribution is 7.11. The normalized spacial score (nSPS) is 15.1. The lowest BCUT2D eigenvalue weighted by molar-refractivity contribution is 0.0741. The fraction of sp³-hybridized carbons (Fsp3) is 0.444. The molecule has 2 aromatic rings. The molecule has 5 heteroatoms. The summed E-state index contributed by atoms with van der Waals surface area (Å²) in [5.74, 6) is 0.0764. The van der Waals surface area contributed by atoms with E-state index in [9.17, 15) is 4.79 Å². The molecule has 1 saturated heterocycles. The molecule has 0 atom stereocenters. The van der Waals surface area contributed by atoms with Gasteiger partial charge in [-0.15, -0.1) is 11.3 Å². The summed E-state index contributed by atoms with van der Waals surface area (Å²) in [6, 6.07) is 6.43. The Bertz CT molecular complexity index is 730. The highest BCUT2D eigenvalue weighted by Crippen LogP contribution is 2.25. The molecule has 0 unspecified atom stereocenters. The van der Waals surface area contributed by atoms with Gasteiger partial charge in [0.05, 0.1) is 5.01 Å². The number of anilines is 1. The van der Waals surface area contributed by atoms with Crippen molar-refractivity contribution in [3.05, 3.63) is 44.9 Å². The van der Waals surface area contributed by atoms with E-state index >= 15 is 0 Å². The molecule has 1 aromatic heterocycles. The summed E-state index contributed by atoms with van der Waals surface area (Å²) in [5, 5.41) is 0.958. The second kappa shape index (κ2) is 6.32. The van der Waals surface area contributed by atoms with Crippen LogP contribution >= 0.6 is 11.3 Å². The molecule has 0 spiro atoms. The highest BCUT2D eigenvalue weighted by Gasteiger charge is 2.25. The molecular formula is C18H23N3OS. The van der Waals surface area contributed by atoms with Gasteiger partial charge >= 0.3 is 0 Å². The minimum absolute atomic E-state index is 0.0764. The molecule has 1 aliphatic heterocycles. The molecule has 0 bridgehead atoms. The molecular weight excluding hydrogens is 306 g/mol. The van der Waals surface area contributed by atoms with Crippen molar-refractivity contribution in [2.24, 2.45) is 0 Å². The number of rotatable bonds is 2. The zero-order chi connectivity index (χ0) is 16.6. The number of amides is 1. The second-order valence-electron chi connectivity index (χ2n) is 6.14. The lowest BCUT2D eigenvalue weighted by Gasteiger charge is -2.36. The first kappa shape index (κ1) is 16.0. The van der Waals surface area contributed by atoms with Crippen molar-refractivity contribution in [2.45, 2.75) is 27.7 Å². The van der Waals surface area contributed by atoms with Gasteiger partial charge in [-0.25, -0.2) is 4.98 Å². The van der Waals surface area contributed by atoms with Crippen LogP contribution in [0.25, 0.3) is 0 Å². The van der Waals surface area contributed by atoms with Crippen molar-refractivity contribution in [1.82, 2.24) is 9.88 Å². The highest BCUT2D eigenvalue weighted by atomic mass is 32.1. The Labute approximate surface area is 141 Å². The van der Waals surface area contributed by atoms with E-state index in [2.05, 4.69) is 41.9 Å². The SMILES string of the molecule is Cc1nc(C(=O)N2CCN(c3cccc(C)c3C)CC2)c(C)s1. The molecule has 23 heavy (non-hydrogen) atoms. The van der Waals surface area contributed by atoms with E-state index in [-0.39, 0.29) is 5.91 Å². The molecule has 4 nitrogen and oxygen atoms in total. The summed E-state index contributed by atoms with van der Waals surface area (Å²) < 4.78 is 0. The minimum Gasteiger partial charge on any atom is -0.368 e. The number of benzene rings is 1. The number of carbonyl (C=O) groups excluding carboxylic acids is 1. The summed E-state index contributed by atoms with van der Waals surface area (Å²) in [6.45, 7) is 11.5. The number of nitrogens with zero attached hydrogens (tertiary/aromatic N) is 3. The van der Waals surface area contributed by atoms with Gasteiger partial charge in [0.25, 0.3) is 5.91 Å². The molecule has 0 aliphatic carbocycles. The van der Waals surface area contributed by atoms with Crippen LogP contribution in [0.15, 0.2) is 18.2 Å². The van der Waals surface area contributed by atoms with Gasteiger partial charge in [0.1, 0.15) is 5.69 Å². The van der Waals surface area contributed by atoms with Crippen LogP contribution in [0.2, 0.25) is 0 Å². The average Bonchev–Trinajstić information content (AvgIpc) is 2.88. The second-order valence-corrected chi connectivity index (χ2v) is 7.54. The van der Waals surface area contributed by atoms with Crippen LogP contribution < -0.4 is 4.90 Å². The molecule has 1 amide bonds. The van der Waals surface area contributed by atoms with Crippen molar-refractivity contribution < 1.29 is 4.79 Å². The van der Waals surface area contributed by atoms with Crippen molar-refractivity contribution in [1.29, 1.82) is 0 Å². The van der Waals surface area contributed by atoms with Gasteiger partial charge in [0.2, 0.25) is 0 Å². The summed E-state index contributed by atoms with van der Waals surface area (Å²) in [5.41, 5.74) is 4.57. The first-order valence-electron chi connectivity index (χ1n) is 8.02. The monoisotopic (exact) mass is 329 g/mol. The van der Waals surface area contributed by atoms with E-state index in [1.165, 1.54) is 16.8 Å². The van der Waals surface area contributed by atoms with Crippen LogP contribution in [0.3, 0.4) is 0 Å². The number of hydrogen-bond donors (Lipinski definition) is 0. The Morgan fingerprint density at radius 3 is 2.39 bits per heavy atom. The summed E-state index contributed by atoms with van der Waals surface area (Å²) >= 11 is 1.59. The van der Waals surface area contributed by atoms with Gasteiger partial charge < -0.3 is 9.80 Å². The van der Waals surface area contributed by atoms with Crippen LogP contribution in [0.1, 0.15) is 31.5 Å². The Balaban J connectivity index is 1.70. The molecule has 1 fully saturated rings. The third-order valence-corrected chi connectivity index (χ3v) is 5.48. The number of carbonyl (C=O) groups is 1. The third-order valence-electron chi connectivity index (χ3n) is 4.59. The summed E-state index contributed by atoms with van der Waals surface area (Å²) in [4.78, 5) is 22.4. The molecule has 3 rings (SSSR count). The van der Waals surface area contributed by atoms with E-state index in [1.54, 1.807) is 11.3 Å². The Kier molecular flexibility index (Phi) is 4.39. The van der Waals surface area contributed by atoms with Crippen LogP contribution in [0.5, 0.6) is 0 Å². The van der Waals surface area contributed by atoms with Crippen molar-refractivity contribution in [3.63, 3.8) is 0 Å². The van der Waals surface area contributed by atoms with E-state index in [4.69, 9.17) is 0 Å². The van der Waals surface area contributed by atoms with Crippen molar-refractivity contribution in [3.8, 4) is 0 Å². The summed E-state index contributed by atoms with van der Waals surface area (Å²) in [6.07, 6.45) is 0. The standard InChI is InChI=1S/C18H23N3OS/c1-12-6-5-7-16(13(12)2)20-8-10-21(11-9-20)18(22)17-14(3)23-15(4)19-17/h5-7H,8-11H2,1-4H3. The maximum atomic E-state index is 12.6. The fourth-order valence-electron chi connectivity index (χ4n) is 3.11. The van der Waals surface area contributed by atoms with Crippen molar-refractivity contribution >= 4 is 22.9 Å². The zero-order valence-electron chi connectivity index (χ0n) is 14.2. The van der Waals surface area contributed by atoms with Crippen molar-refractivity contribution in [2.75, 3.05) is 31.1 Å². The van der Waals surface area contributed by atoms with Gasteiger partial charge in [0, 0.05) is 36.7 Å². The van der Waals surface area contributed by atoms with E-state index in [0.717, 1.165) is 36.1 Å². The van der Waals surface area contributed by atoms with Gasteiger partial charge in [0.15, 0.2) is 0 Å². The minimum atomic E-state index is 0.0764. The number of aryl methyl sites for hydroxylation is 3. The molecule has 0 radical (unpaired) electrons. The van der Waals surface area contributed by atoms with E-state index in [0.29, 0.717) is 5.69 Å². The van der Waals surface area contributed by atoms with Crippen LogP contribution in [-0.4, -0.2) is 42.0 Å². The summed E-state index contributed by atoms with van der Waals surface area (Å²) in [7, 11) is 0. The first-order valence-corrected chi connectivity index (χ1v) is 8.83. The lowest BCUT2D eigenvalue weighted by Crippen LogP contribution is -2.49. The Hall–Kier alpha value is -1.88. The molecule has 2 heterocycles. The zero-order valence-corrected chi connectivity index (χ0v) is 15.0. The quantitative estimate of drug-likeness (QED) is 0.848. The molecule has 0 saturated carbocycles. The number of aromatic nitrogens is 1. The van der Waals surface area contributed by atoms with Gasteiger partial charge in [-0.1, -0.05) is 12.1 Å². The van der Waals surface area contributed by atoms with Crippen LogP contribution in [0, 0.1) is 27.7 Å². The predicted molar refractivity (Wildman–Crippen MR) is 95.6 cm³/mol. The smallest absolute Gasteiger partial charge is 0.273 e. The maximum absolute atomic E-state index is 12.6. The molecule has 122 valence electrons. The Morgan fingerprint density at radius 2 is 1.78 bits per heavy atom.